The first-order valence-electron chi connectivity index (χ1n) is 6.13. The quantitative estimate of drug-likeness (QED) is 0.762. The molecule has 0 aromatic heterocycles. The fraction of sp³-hybridized carbons (Fsp3) is 0.200. The summed E-state index contributed by atoms with van der Waals surface area (Å²) >= 11 is 3.46. The number of ether oxygens (including phenoxy) is 2. The summed E-state index contributed by atoms with van der Waals surface area (Å²) in [5.74, 6) is 0.143. The van der Waals surface area contributed by atoms with E-state index in [1.165, 1.54) is 12.1 Å². The average molecular weight is 341 g/mol. The number of hydrogen-bond acceptors (Lipinski definition) is 2. The van der Waals surface area contributed by atoms with Gasteiger partial charge in [-0.1, -0.05) is 22.0 Å². The van der Waals surface area contributed by atoms with E-state index in [4.69, 9.17) is 9.47 Å². The van der Waals surface area contributed by atoms with Crippen molar-refractivity contribution >= 4 is 15.9 Å². The Labute approximate surface area is 123 Å². The van der Waals surface area contributed by atoms with Crippen molar-refractivity contribution in [1.29, 1.82) is 0 Å². The predicted octanol–water partition coefficient (Wildman–Crippen LogP) is 4.22. The van der Waals surface area contributed by atoms with Crippen molar-refractivity contribution in [2.75, 3.05) is 13.2 Å². The van der Waals surface area contributed by atoms with Crippen molar-refractivity contribution in [3.05, 3.63) is 59.2 Å². The van der Waals surface area contributed by atoms with E-state index in [0.29, 0.717) is 30.3 Å². The van der Waals surface area contributed by atoms with Crippen LogP contribution in [-0.2, 0) is 0 Å². The average Bonchev–Trinajstić information content (AvgIpc) is 2.45. The van der Waals surface area contributed by atoms with Gasteiger partial charge in [-0.05, 0) is 35.4 Å². The van der Waals surface area contributed by atoms with Gasteiger partial charge in [-0.25, -0.2) is 8.78 Å². The molecule has 1 heterocycles. The van der Waals surface area contributed by atoms with Gasteiger partial charge in [0.25, 0.3) is 0 Å². The molecule has 0 bridgehead atoms. The van der Waals surface area contributed by atoms with E-state index in [1.54, 1.807) is 6.07 Å². The lowest BCUT2D eigenvalue weighted by atomic mass is 10.0. The highest BCUT2D eigenvalue weighted by atomic mass is 79.9. The summed E-state index contributed by atoms with van der Waals surface area (Å²) in [6.07, 6.45) is 0. The van der Waals surface area contributed by atoms with Crippen LogP contribution in [0.4, 0.5) is 8.78 Å². The van der Waals surface area contributed by atoms with E-state index in [-0.39, 0.29) is 4.83 Å². The molecule has 0 aliphatic carbocycles. The summed E-state index contributed by atoms with van der Waals surface area (Å²) in [6, 6.07) is 8.92. The zero-order valence-electron chi connectivity index (χ0n) is 10.4. The zero-order chi connectivity index (χ0) is 14.1. The summed E-state index contributed by atoms with van der Waals surface area (Å²) in [6.45, 7) is 1.02. The molecule has 0 spiro atoms. The van der Waals surface area contributed by atoms with Crippen LogP contribution in [0, 0.1) is 11.6 Å². The van der Waals surface area contributed by atoms with E-state index >= 15 is 0 Å². The Morgan fingerprint density at radius 3 is 2.20 bits per heavy atom. The topological polar surface area (TPSA) is 18.5 Å². The minimum atomic E-state index is -0.595. The normalized spacial score (nSPS) is 14.9. The maximum absolute atomic E-state index is 13.3. The van der Waals surface area contributed by atoms with Crippen LogP contribution >= 0.6 is 15.9 Å². The van der Waals surface area contributed by atoms with Crippen LogP contribution in [-0.4, -0.2) is 13.2 Å². The summed E-state index contributed by atoms with van der Waals surface area (Å²) in [5, 5.41) is 0. The van der Waals surface area contributed by atoms with Gasteiger partial charge in [-0.15, -0.1) is 0 Å². The highest BCUT2D eigenvalue weighted by Crippen LogP contribution is 2.38. The third-order valence-corrected chi connectivity index (χ3v) is 4.09. The van der Waals surface area contributed by atoms with Gasteiger partial charge in [0.2, 0.25) is 0 Å². The van der Waals surface area contributed by atoms with Gasteiger partial charge in [0, 0.05) is 6.07 Å². The lowest BCUT2D eigenvalue weighted by molar-refractivity contribution is 0.171. The maximum Gasteiger partial charge on any atom is 0.161 e. The molecule has 1 aliphatic rings. The summed E-state index contributed by atoms with van der Waals surface area (Å²) in [4.78, 5) is -0.316. The first-order valence-corrected chi connectivity index (χ1v) is 7.04. The van der Waals surface area contributed by atoms with Crippen LogP contribution in [0.5, 0.6) is 11.5 Å². The molecule has 2 aromatic rings. The molecular formula is C15H11BrF2O2. The molecule has 3 rings (SSSR count). The number of halogens is 3. The Morgan fingerprint density at radius 2 is 1.50 bits per heavy atom. The molecular weight excluding hydrogens is 330 g/mol. The van der Waals surface area contributed by atoms with Gasteiger partial charge in [-0.2, -0.15) is 0 Å². The standard InChI is InChI=1S/C15H11BrF2O2/c16-15(10-5-11(17)8-12(18)6-10)9-1-2-13-14(7-9)20-4-3-19-13/h1-2,5-8,15H,3-4H2. The summed E-state index contributed by atoms with van der Waals surface area (Å²) in [5.41, 5.74) is 1.36. The molecule has 1 unspecified atom stereocenters. The van der Waals surface area contributed by atoms with Crippen molar-refractivity contribution in [1.82, 2.24) is 0 Å². The number of hydrogen-bond donors (Lipinski definition) is 0. The molecule has 1 aliphatic heterocycles. The monoisotopic (exact) mass is 340 g/mol. The summed E-state index contributed by atoms with van der Waals surface area (Å²) in [7, 11) is 0. The molecule has 0 N–H and O–H groups in total. The Kier molecular flexibility index (Phi) is 3.61. The molecule has 0 saturated carbocycles. The largest absolute Gasteiger partial charge is 0.486 e. The molecule has 2 aromatic carbocycles. The second kappa shape index (κ2) is 5.40. The fourth-order valence-corrected chi connectivity index (χ4v) is 2.68. The molecule has 1 atom stereocenters. The Morgan fingerprint density at radius 1 is 0.850 bits per heavy atom. The lowest BCUT2D eigenvalue weighted by Gasteiger charge is -2.20. The van der Waals surface area contributed by atoms with Crippen LogP contribution in [0.1, 0.15) is 16.0 Å². The SMILES string of the molecule is Fc1cc(F)cc(C(Br)c2ccc3c(c2)OCCO3)c1. The van der Waals surface area contributed by atoms with E-state index in [9.17, 15) is 8.78 Å². The highest BCUT2D eigenvalue weighted by Gasteiger charge is 2.17. The van der Waals surface area contributed by atoms with E-state index in [0.717, 1.165) is 11.6 Å². The second-order valence-corrected chi connectivity index (χ2v) is 5.38. The smallest absolute Gasteiger partial charge is 0.161 e. The molecule has 0 amide bonds. The third kappa shape index (κ3) is 2.63. The molecule has 0 fully saturated rings. The number of alkyl halides is 1. The highest BCUT2D eigenvalue weighted by molar-refractivity contribution is 9.09. The zero-order valence-corrected chi connectivity index (χ0v) is 12.0. The molecule has 0 saturated heterocycles. The van der Waals surface area contributed by atoms with Crippen LogP contribution in [0.2, 0.25) is 0 Å². The van der Waals surface area contributed by atoms with Crippen molar-refractivity contribution in [2.24, 2.45) is 0 Å². The van der Waals surface area contributed by atoms with Crippen molar-refractivity contribution in [3.63, 3.8) is 0 Å². The predicted molar refractivity (Wildman–Crippen MR) is 74.6 cm³/mol. The molecule has 0 radical (unpaired) electrons. The Bertz CT molecular complexity index is 626. The minimum Gasteiger partial charge on any atom is -0.486 e. The number of fused-ring (bicyclic) bond motifs is 1. The van der Waals surface area contributed by atoms with Crippen molar-refractivity contribution in [2.45, 2.75) is 4.83 Å². The van der Waals surface area contributed by atoms with Crippen LogP contribution < -0.4 is 9.47 Å². The van der Waals surface area contributed by atoms with Crippen molar-refractivity contribution < 1.29 is 18.3 Å². The summed E-state index contributed by atoms with van der Waals surface area (Å²) < 4.78 is 37.5. The minimum absolute atomic E-state index is 0.316. The van der Waals surface area contributed by atoms with E-state index < -0.39 is 11.6 Å². The molecule has 5 heteroatoms. The first kappa shape index (κ1) is 13.4. The number of rotatable bonds is 2. The second-order valence-electron chi connectivity index (χ2n) is 4.47. The van der Waals surface area contributed by atoms with Gasteiger partial charge in [0.1, 0.15) is 24.8 Å². The van der Waals surface area contributed by atoms with Gasteiger partial charge in [0.15, 0.2) is 11.5 Å². The van der Waals surface area contributed by atoms with Crippen LogP contribution in [0.25, 0.3) is 0 Å². The molecule has 104 valence electrons. The Balaban J connectivity index is 1.95. The third-order valence-electron chi connectivity index (χ3n) is 3.04. The molecule has 20 heavy (non-hydrogen) atoms. The first-order chi connectivity index (χ1) is 9.63. The van der Waals surface area contributed by atoms with Crippen molar-refractivity contribution in [3.8, 4) is 11.5 Å². The van der Waals surface area contributed by atoms with Crippen LogP contribution in [0.3, 0.4) is 0 Å². The van der Waals surface area contributed by atoms with E-state index in [2.05, 4.69) is 15.9 Å². The maximum atomic E-state index is 13.3. The molecule has 2 nitrogen and oxygen atoms in total. The van der Waals surface area contributed by atoms with Gasteiger partial charge >= 0.3 is 0 Å². The van der Waals surface area contributed by atoms with Gasteiger partial charge < -0.3 is 9.47 Å². The van der Waals surface area contributed by atoms with Crippen LogP contribution in [0.15, 0.2) is 36.4 Å². The Hall–Kier alpha value is -1.62. The lowest BCUT2D eigenvalue weighted by Crippen LogP contribution is -2.15. The van der Waals surface area contributed by atoms with Gasteiger partial charge in [-0.3, -0.25) is 0 Å². The van der Waals surface area contributed by atoms with Gasteiger partial charge in [0.05, 0.1) is 4.83 Å². The van der Waals surface area contributed by atoms with E-state index in [1.807, 2.05) is 12.1 Å². The number of benzene rings is 2. The fourth-order valence-electron chi connectivity index (χ4n) is 2.13.